The van der Waals surface area contributed by atoms with Crippen LogP contribution >= 0.6 is 11.6 Å². The molecule has 0 saturated heterocycles. The normalized spacial score (nSPS) is 11.5. The van der Waals surface area contributed by atoms with Crippen LogP contribution in [0.1, 0.15) is 32.6 Å². The first-order valence-electron chi connectivity index (χ1n) is 7.61. The number of anilines is 1. The first-order chi connectivity index (χ1) is 10.6. The first-order valence-corrected chi connectivity index (χ1v) is 8.05. The zero-order chi connectivity index (χ0) is 16.2. The highest BCUT2D eigenvalue weighted by Gasteiger charge is 2.06. The van der Waals surface area contributed by atoms with Crippen molar-refractivity contribution in [2.24, 2.45) is 0 Å². The van der Waals surface area contributed by atoms with Crippen LogP contribution in [0.15, 0.2) is 30.3 Å². The predicted octanol–water partition coefficient (Wildman–Crippen LogP) is 3.11. The SMILES string of the molecule is CC(Cl)C(=O)NCCCCCCNC(=O)Nc1ccccc1. The van der Waals surface area contributed by atoms with E-state index in [9.17, 15) is 9.59 Å². The average molecular weight is 326 g/mol. The Labute approximate surface area is 136 Å². The van der Waals surface area contributed by atoms with Crippen LogP contribution in [-0.2, 0) is 4.79 Å². The van der Waals surface area contributed by atoms with Crippen LogP contribution in [-0.4, -0.2) is 30.4 Å². The molecule has 0 spiro atoms. The van der Waals surface area contributed by atoms with E-state index in [0.29, 0.717) is 13.1 Å². The highest BCUT2D eigenvalue weighted by Crippen LogP contribution is 2.04. The molecule has 0 aliphatic carbocycles. The summed E-state index contributed by atoms with van der Waals surface area (Å²) < 4.78 is 0. The monoisotopic (exact) mass is 325 g/mol. The van der Waals surface area contributed by atoms with Crippen molar-refractivity contribution in [2.75, 3.05) is 18.4 Å². The lowest BCUT2D eigenvalue weighted by Crippen LogP contribution is -2.30. The lowest BCUT2D eigenvalue weighted by molar-refractivity contribution is -0.120. The zero-order valence-corrected chi connectivity index (χ0v) is 13.7. The summed E-state index contributed by atoms with van der Waals surface area (Å²) >= 11 is 5.64. The van der Waals surface area contributed by atoms with E-state index in [2.05, 4.69) is 16.0 Å². The van der Waals surface area contributed by atoms with E-state index >= 15 is 0 Å². The Morgan fingerprint density at radius 1 is 1.00 bits per heavy atom. The molecule has 0 heterocycles. The van der Waals surface area contributed by atoms with Crippen LogP contribution in [0, 0.1) is 0 Å². The molecule has 22 heavy (non-hydrogen) atoms. The van der Waals surface area contributed by atoms with Gasteiger partial charge in [-0.1, -0.05) is 31.0 Å². The summed E-state index contributed by atoms with van der Waals surface area (Å²) in [5.41, 5.74) is 0.782. The molecule has 3 amide bonds. The van der Waals surface area contributed by atoms with E-state index in [1.807, 2.05) is 30.3 Å². The fraction of sp³-hybridized carbons (Fsp3) is 0.500. The van der Waals surface area contributed by atoms with E-state index in [-0.39, 0.29) is 11.9 Å². The number of carbonyl (C=O) groups is 2. The minimum atomic E-state index is -0.479. The fourth-order valence-corrected chi connectivity index (χ4v) is 1.93. The quantitative estimate of drug-likeness (QED) is 0.482. The van der Waals surface area contributed by atoms with Crippen molar-refractivity contribution >= 4 is 29.2 Å². The molecule has 0 aromatic heterocycles. The molecule has 0 aliphatic heterocycles. The number of benzene rings is 1. The second-order valence-electron chi connectivity index (χ2n) is 5.07. The lowest BCUT2D eigenvalue weighted by Gasteiger charge is -2.08. The smallest absolute Gasteiger partial charge is 0.319 e. The van der Waals surface area contributed by atoms with Gasteiger partial charge in [0.2, 0.25) is 5.91 Å². The second kappa shape index (κ2) is 10.9. The molecular weight excluding hydrogens is 302 g/mol. The predicted molar refractivity (Wildman–Crippen MR) is 90.3 cm³/mol. The van der Waals surface area contributed by atoms with E-state index in [1.165, 1.54) is 0 Å². The van der Waals surface area contributed by atoms with E-state index in [1.54, 1.807) is 6.92 Å². The fourth-order valence-electron chi connectivity index (χ4n) is 1.85. The Morgan fingerprint density at radius 2 is 1.59 bits per heavy atom. The number of rotatable bonds is 9. The summed E-state index contributed by atoms with van der Waals surface area (Å²) in [6.07, 6.45) is 3.87. The van der Waals surface area contributed by atoms with Crippen LogP contribution in [0.5, 0.6) is 0 Å². The van der Waals surface area contributed by atoms with Crippen molar-refractivity contribution < 1.29 is 9.59 Å². The molecule has 122 valence electrons. The Morgan fingerprint density at radius 3 is 2.18 bits per heavy atom. The topological polar surface area (TPSA) is 70.2 Å². The number of amides is 3. The van der Waals surface area contributed by atoms with Crippen LogP contribution in [0.2, 0.25) is 0 Å². The molecule has 0 radical (unpaired) electrons. The molecule has 5 nitrogen and oxygen atoms in total. The molecular formula is C16H24ClN3O2. The molecule has 1 unspecified atom stereocenters. The van der Waals surface area contributed by atoms with Gasteiger partial charge in [-0.2, -0.15) is 0 Å². The minimum Gasteiger partial charge on any atom is -0.355 e. The Hall–Kier alpha value is -1.75. The number of nitrogens with one attached hydrogen (secondary N) is 3. The third-order valence-corrected chi connectivity index (χ3v) is 3.28. The molecule has 0 saturated carbocycles. The third-order valence-electron chi connectivity index (χ3n) is 3.08. The maximum Gasteiger partial charge on any atom is 0.319 e. The maximum atomic E-state index is 11.6. The lowest BCUT2D eigenvalue weighted by atomic mass is 10.2. The van der Waals surface area contributed by atoms with Gasteiger partial charge in [-0.15, -0.1) is 11.6 Å². The maximum absolute atomic E-state index is 11.6. The van der Waals surface area contributed by atoms with Crippen molar-refractivity contribution in [3.63, 3.8) is 0 Å². The number of hydrogen-bond donors (Lipinski definition) is 3. The average Bonchev–Trinajstić information content (AvgIpc) is 2.50. The van der Waals surface area contributed by atoms with Crippen molar-refractivity contribution in [3.8, 4) is 0 Å². The molecule has 6 heteroatoms. The summed E-state index contributed by atoms with van der Waals surface area (Å²) in [5, 5.41) is 7.87. The molecule has 1 aromatic rings. The van der Waals surface area contributed by atoms with Gasteiger partial charge in [0.25, 0.3) is 0 Å². The van der Waals surface area contributed by atoms with Gasteiger partial charge in [0.1, 0.15) is 5.38 Å². The van der Waals surface area contributed by atoms with Crippen LogP contribution in [0.4, 0.5) is 10.5 Å². The van der Waals surface area contributed by atoms with Crippen molar-refractivity contribution in [1.29, 1.82) is 0 Å². The van der Waals surface area contributed by atoms with Gasteiger partial charge in [-0.25, -0.2) is 4.79 Å². The van der Waals surface area contributed by atoms with Gasteiger partial charge in [0.15, 0.2) is 0 Å². The summed E-state index contributed by atoms with van der Waals surface area (Å²) in [4.78, 5) is 22.8. The first kappa shape index (κ1) is 18.3. The van der Waals surface area contributed by atoms with Crippen molar-refractivity contribution in [2.45, 2.75) is 38.0 Å². The van der Waals surface area contributed by atoms with Crippen LogP contribution in [0.25, 0.3) is 0 Å². The number of carbonyl (C=O) groups excluding carboxylic acids is 2. The van der Waals surface area contributed by atoms with E-state index < -0.39 is 5.38 Å². The van der Waals surface area contributed by atoms with E-state index in [0.717, 1.165) is 31.4 Å². The van der Waals surface area contributed by atoms with E-state index in [4.69, 9.17) is 11.6 Å². The molecule has 1 rings (SSSR count). The summed E-state index contributed by atoms with van der Waals surface area (Å²) in [6.45, 7) is 2.95. The molecule has 0 aliphatic rings. The van der Waals surface area contributed by atoms with Gasteiger partial charge in [0.05, 0.1) is 0 Å². The van der Waals surface area contributed by atoms with Gasteiger partial charge in [0, 0.05) is 18.8 Å². The highest BCUT2D eigenvalue weighted by atomic mass is 35.5. The summed E-state index contributed by atoms with van der Waals surface area (Å²) in [5.74, 6) is -0.124. The third kappa shape index (κ3) is 8.52. The van der Waals surface area contributed by atoms with Crippen LogP contribution in [0.3, 0.4) is 0 Å². The number of para-hydroxylation sites is 1. The number of hydrogen-bond acceptors (Lipinski definition) is 2. The molecule has 1 aromatic carbocycles. The largest absolute Gasteiger partial charge is 0.355 e. The molecule has 1 atom stereocenters. The highest BCUT2D eigenvalue weighted by molar-refractivity contribution is 6.30. The van der Waals surface area contributed by atoms with Crippen molar-refractivity contribution in [1.82, 2.24) is 10.6 Å². The summed E-state index contributed by atoms with van der Waals surface area (Å²) in [6, 6.07) is 9.15. The van der Waals surface area contributed by atoms with Gasteiger partial charge < -0.3 is 16.0 Å². The van der Waals surface area contributed by atoms with Gasteiger partial charge in [-0.05, 0) is 31.9 Å². The Kier molecular flexibility index (Phi) is 9.07. The minimum absolute atomic E-state index is 0.124. The molecule has 3 N–H and O–H groups in total. The van der Waals surface area contributed by atoms with Gasteiger partial charge in [-0.3, -0.25) is 4.79 Å². The standard InChI is InChI=1S/C16H24ClN3O2/c1-13(17)15(21)18-11-7-2-3-8-12-19-16(22)20-14-9-5-4-6-10-14/h4-6,9-10,13H,2-3,7-8,11-12H2,1H3,(H,18,21)(H2,19,20,22). The molecule has 0 fully saturated rings. The number of urea groups is 1. The number of halogens is 1. The van der Waals surface area contributed by atoms with Gasteiger partial charge >= 0.3 is 6.03 Å². The number of alkyl halides is 1. The Bertz CT molecular complexity index is 452. The van der Waals surface area contributed by atoms with Crippen LogP contribution < -0.4 is 16.0 Å². The summed E-state index contributed by atoms with van der Waals surface area (Å²) in [7, 11) is 0. The Balaban J connectivity index is 1.95. The number of unbranched alkanes of at least 4 members (excludes halogenated alkanes) is 3. The second-order valence-corrected chi connectivity index (χ2v) is 5.72. The van der Waals surface area contributed by atoms with Crippen molar-refractivity contribution in [3.05, 3.63) is 30.3 Å². The zero-order valence-electron chi connectivity index (χ0n) is 12.9. The molecule has 0 bridgehead atoms.